The van der Waals surface area contributed by atoms with Gasteiger partial charge in [0.25, 0.3) is 0 Å². The van der Waals surface area contributed by atoms with Crippen LogP contribution in [0.1, 0.15) is 329 Å². The topological polar surface area (TPSA) is 78.9 Å². The summed E-state index contributed by atoms with van der Waals surface area (Å²) in [5.74, 6) is -0.867. The van der Waals surface area contributed by atoms with Crippen molar-refractivity contribution in [2.45, 2.75) is 335 Å². The molecule has 0 saturated carbocycles. The SMILES string of the molecule is CC/C=C\C/C=C\C/C=C\C/C=C\C/C=C\C/C=C\CCCCCCCCCCCCCCC(=O)OCC(COC(=O)CCCCCCCCCCC)OC(=O)CCCCCCCCCCC/C=C\CCCCCCCC. The fraction of sp³-hybridized carbons (Fsp3) is 0.761. The van der Waals surface area contributed by atoms with E-state index in [1.54, 1.807) is 0 Å². The van der Waals surface area contributed by atoms with Crippen LogP contribution in [-0.2, 0) is 28.6 Å². The van der Waals surface area contributed by atoms with E-state index in [-0.39, 0.29) is 31.1 Å². The first-order valence-corrected chi connectivity index (χ1v) is 33.1. The van der Waals surface area contributed by atoms with Gasteiger partial charge in [-0.05, 0) is 96.3 Å². The monoisotopic (exact) mass is 1070 g/mol. The van der Waals surface area contributed by atoms with Crippen LogP contribution in [-0.4, -0.2) is 37.2 Å². The molecule has 0 spiro atoms. The predicted molar refractivity (Wildman–Crippen MR) is 334 cm³/mol. The number of esters is 3. The first-order valence-electron chi connectivity index (χ1n) is 33.1. The largest absolute Gasteiger partial charge is 0.462 e. The Labute approximate surface area is 477 Å². The third-order valence-electron chi connectivity index (χ3n) is 14.4. The molecule has 0 radical (unpaired) electrons. The molecule has 0 aliphatic carbocycles. The Hall–Kier alpha value is -3.41. The van der Waals surface area contributed by atoms with E-state index in [2.05, 4.69) is 106 Å². The highest BCUT2D eigenvalue weighted by atomic mass is 16.6. The molecule has 0 aromatic heterocycles. The Morgan fingerprint density at radius 1 is 0.273 bits per heavy atom. The van der Waals surface area contributed by atoms with Crippen LogP contribution in [0.3, 0.4) is 0 Å². The smallest absolute Gasteiger partial charge is 0.306 e. The Bertz CT molecular complexity index is 1470. The van der Waals surface area contributed by atoms with E-state index < -0.39 is 6.10 Å². The minimum atomic E-state index is -0.775. The minimum Gasteiger partial charge on any atom is -0.462 e. The first kappa shape index (κ1) is 73.6. The maximum atomic E-state index is 12.9. The lowest BCUT2D eigenvalue weighted by atomic mass is 10.0. The summed E-state index contributed by atoms with van der Waals surface area (Å²) in [6.45, 7) is 6.53. The zero-order valence-electron chi connectivity index (χ0n) is 51.0. The number of carbonyl (C=O) groups excluding carboxylic acids is 3. The average Bonchev–Trinajstić information content (AvgIpc) is 3.43. The van der Waals surface area contributed by atoms with Crippen molar-refractivity contribution in [3.63, 3.8) is 0 Å². The number of unbranched alkanes of at least 4 members (excludes halogenated alkanes) is 35. The average molecular weight is 1070 g/mol. The van der Waals surface area contributed by atoms with Crippen LogP contribution in [0.25, 0.3) is 0 Å². The maximum Gasteiger partial charge on any atom is 0.306 e. The zero-order chi connectivity index (χ0) is 55.7. The summed E-state index contributed by atoms with van der Waals surface area (Å²) in [5.41, 5.74) is 0. The van der Waals surface area contributed by atoms with Crippen LogP contribution in [0.4, 0.5) is 0 Å². The Morgan fingerprint density at radius 2 is 0.506 bits per heavy atom. The number of hydrogen-bond acceptors (Lipinski definition) is 6. The Morgan fingerprint density at radius 3 is 0.805 bits per heavy atom. The van der Waals surface area contributed by atoms with E-state index in [4.69, 9.17) is 14.2 Å². The molecule has 0 fully saturated rings. The van der Waals surface area contributed by atoms with Crippen molar-refractivity contribution in [3.05, 3.63) is 85.1 Å². The van der Waals surface area contributed by atoms with Crippen molar-refractivity contribution in [1.29, 1.82) is 0 Å². The number of rotatable bonds is 60. The van der Waals surface area contributed by atoms with E-state index in [9.17, 15) is 14.4 Å². The Kier molecular flexibility index (Phi) is 62.2. The fourth-order valence-electron chi connectivity index (χ4n) is 9.44. The van der Waals surface area contributed by atoms with Gasteiger partial charge in [0.2, 0.25) is 0 Å². The van der Waals surface area contributed by atoms with Gasteiger partial charge in [0.1, 0.15) is 13.2 Å². The molecule has 0 aromatic rings. The second-order valence-corrected chi connectivity index (χ2v) is 22.0. The molecule has 0 saturated heterocycles. The van der Waals surface area contributed by atoms with Gasteiger partial charge in [-0.15, -0.1) is 0 Å². The molecule has 0 rings (SSSR count). The normalized spacial score (nSPS) is 12.6. The highest BCUT2D eigenvalue weighted by Crippen LogP contribution is 2.17. The van der Waals surface area contributed by atoms with E-state index in [1.807, 2.05) is 0 Å². The molecule has 77 heavy (non-hydrogen) atoms. The summed E-state index contributed by atoms with van der Waals surface area (Å²) in [5, 5.41) is 0. The quantitative estimate of drug-likeness (QED) is 0.0261. The van der Waals surface area contributed by atoms with Gasteiger partial charge < -0.3 is 14.2 Å². The van der Waals surface area contributed by atoms with Gasteiger partial charge in [-0.3, -0.25) is 14.4 Å². The molecule has 0 bridgehead atoms. The van der Waals surface area contributed by atoms with Crippen LogP contribution >= 0.6 is 0 Å². The molecule has 1 unspecified atom stereocenters. The maximum absolute atomic E-state index is 12.9. The molecular weight excluding hydrogens is 949 g/mol. The molecule has 444 valence electrons. The number of hydrogen-bond donors (Lipinski definition) is 0. The second kappa shape index (κ2) is 65.1. The molecule has 0 amide bonds. The molecule has 0 N–H and O–H groups in total. The van der Waals surface area contributed by atoms with E-state index in [0.717, 1.165) is 96.3 Å². The lowest BCUT2D eigenvalue weighted by Crippen LogP contribution is -2.30. The van der Waals surface area contributed by atoms with E-state index >= 15 is 0 Å². The highest BCUT2D eigenvalue weighted by Gasteiger charge is 2.19. The fourth-order valence-corrected chi connectivity index (χ4v) is 9.44. The number of ether oxygens (including phenoxy) is 3. The van der Waals surface area contributed by atoms with Gasteiger partial charge in [0.05, 0.1) is 0 Å². The van der Waals surface area contributed by atoms with Crippen LogP contribution in [0.2, 0.25) is 0 Å². The molecule has 1 atom stereocenters. The van der Waals surface area contributed by atoms with Crippen molar-refractivity contribution in [3.8, 4) is 0 Å². The van der Waals surface area contributed by atoms with Gasteiger partial charge in [-0.25, -0.2) is 0 Å². The van der Waals surface area contributed by atoms with Gasteiger partial charge in [0.15, 0.2) is 6.10 Å². The van der Waals surface area contributed by atoms with Crippen LogP contribution in [0.5, 0.6) is 0 Å². The standard InChI is InChI=1S/C71H124O6/c1-4-7-10-13-16-19-21-23-25-27-29-30-31-32-33-34-35-36-37-38-39-40-42-43-45-47-49-52-55-58-61-64-70(73)76-67-68(66-75-69(72)63-60-57-54-51-18-15-12-9-6-3)77-71(74)65-62-59-56-53-50-48-46-44-41-28-26-24-22-20-17-14-11-8-5-2/h7,10,16,19,23-26,29-30,32-33,35-36,68H,4-6,8-9,11-15,17-18,20-22,27-28,31,34,37-67H2,1-3H3/b10-7-,19-16-,25-23-,26-24-,30-29-,33-32-,36-35-. The van der Waals surface area contributed by atoms with Crippen LogP contribution in [0, 0.1) is 0 Å². The first-order chi connectivity index (χ1) is 38.0. The lowest BCUT2D eigenvalue weighted by molar-refractivity contribution is -0.167. The summed E-state index contributed by atoms with van der Waals surface area (Å²) >= 11 is 0. The molecular formula is C71H124O6. The molecule has 0 aliphatic rings. The summed E-state index contributed by atoms with van der Waals surface area (Å²) in [6, 6.07) is 0. The van der Waals surface area contributed by atoms with Crippen LogP contribution in [0.15, 0.2) is 85.1 Å². The molecule has 0 aromatic carbocycles. The molecule has 6 nitrogen and oxygen atoms in total. The third-order valence-corrected chi connectivity index (χ3v) is 14.4. The van der Waals surface area contributed by atoms with Crippen molar-refractivity contribution in [1.82, 2.24) is 0 Å². The van der Waals surface area contributed by atoms with Crippen molar-refractivity contribution in [2.24, 2.45) is 0 Å². The van der Waals surface area contributed by atoms with Crippen molar-refractivity contribution < 1.29 is 28.6 Å². The Balaban J connectivity index is 4.15. The van der Waals surface area contributed by atoms with Crippen molar-refractivity contribution in [2.75, 3.05) is 13.2 Å². The van der Waals surface area contributed by atoms with Gasteiger partial charge in [-0.1, -0.05) is 298 Å². The highest BCUT2D eigenvalue weighted by molar-refractivity contribution is 5.71. The lowest BCUT2D eigenvalue weighted by Gasteiger charge is -2.18. The van der Waals surface area contributed by atoms with E-state index in [1.165, 1.54) is 193 Å². The number of allylic oxidation sites excluding steroid dienone is 14. The summed E-state index contributed by atoms with van der Waals surface area (Å²) < 4.78 is 16.9. The predicted octanol–water partition coefficient (Wildman–Crippen LogP) is 22.7. The number of carbonyl (C=O) groups is 3. The molecule has 0 heterocycles. The molecule has 0 aliphatic heterocycles. The second-order valence-electron chi connectivity index (χ2n) is 22.0. The summed E-state index contributed by atoms with van der Waals surface area (Å²) in [7, 11) is 0. The minimum absolute atomic E-state index is 0.0736. The zero-order valence-corrected chi connectivity index (χ0v) is 51.0. The van der Waals surface area contributed by atoms with Crippen LogP contribution < -0.4 is 0 Å². The summed E-state index contributed by atoms with van der Waals surface area (Å²) in [4.78, 5) is 38.2. The molecule has 6 heteroatoms. The summed E-state index contributed by atoms with van der Waals surface area (Å²) in [6.07, 6.45) is 86.1. The van der Waals surface area contributed by atoms with Gasteiger partial charge >= 0.3 is 17.9 Å². The third kappa shape index (κ3) is 63.3. The van der Waals surface area contributed by atoms with Gasteiger partial charge in [-0.2, -0.15) is 0 Å². The van der Waals surface area contributed by atoms with Gasteiger partial charge in [0, 0.05) is 19.3 Å². The van der Waals surface area contributed by atoms with Crippen molar-refractivity contribution >= 4 is 17.9 Å². The van der Waals surface area contributed by atoms with E-state index in [0.29, 0.717) is 19.3 Å².